The first-order valence-corrected chi connectivity index (χ1v) is 6.32. The second-order valence-electron chi connectivity index (χ2n) is 3.29. The summed E-state index contributed by atoms with van der Waals surface area (Å²) in [4.78, 5) is 8.74. The number of thiazole rings is 1. The predicted molar refractivity (Wildman–Crippen MR) is 67.7 cm³/mol. The molecule has 0 aliphatic heterocycles. The first-order valence-electron chi connectivity index (χ1n) is 5.06. The summed E-state index contributed by atoms with van der Waals surface area (Å²) in [7, 11) is 0. The van der Waals surface area contributed by atoms with Crippen LogP contribution in [0.1, 0.15) is 12.6 Å². The maximum atomic E-state index is 5.78. The molecule has 0 unspecified atom stereocenters. The summed E-state index contributed by atoms with van der Waals surface area (Å²) < 4.78 is 0. The molecule has 5 heteroatoms. The number of nitrogens with one attached hydrogen (secondary N) is 1. The smallest absolute Gasteiger partial charge is 0.142 e. The summed E-state index contributed by atoms with van der Waals surface area (Å²) in [6.07, 6.45) is 1.64. The third-order valence-electron chi connectivity index (χ3n) is 2.05. The third kappa shape index (κ3) is 2.78. The van der Waals surface area contributed by atoms with E-state index in [1.54, 1.807) is 17.5 Å². The standard InChI is InChI=1S/C11H12ClN3S/c1-2-13-6-9-7-16-11(15-9)10-4-3-8(12)5-14-10/h3-5,7,13H,2,6H2,1H3. The van der Waals surface area contributed by atoms with E-state index in [0.717, 1.165) is 29.5 Å². The van der Waals surface area contributed by atoms with Crippen molar-refractivity contribution >= 4 is 22.9 Å². The summed E-state index contributed by atoms with van der Waals surface area (Å²) in [6, 6.07) is 3.72. The van der Waals surface area contributed by atoms with Gasteiger partial charge in [-0.2, -0.15) is 0 Å². The van der Waals surface area contributed by atoms with Gasteiger partial charge >= 0.3 is 0 Å². The largest absolute Gasteiger partial charge is 0.311 e. The van der Waals surface area contributed by atoms with E-state index in [4.69, 9.17) is 11.6 Å². The van der Waals surface area contributed by atoms with E-state index in [-0.39, 0.29) is 0 Å². The molecule has 0 aliphatic rings. The Bertz CT molecular complexity index is 453. The van der Waals surface area contributed by atoms with E-state index in [9.17, 15) is 0 Å². The summed E-state index contributed by atoms with van der Waals surface area (Å²) >= 11 is 7.39. The Morgan fingerprint density at radius 3 is 3.00 bits per heavy atom. The summed E-state index contributed by atoms with van der Waals surface area (Å²) in [5.41, 5.74) is 1.93. The van der Waals surface area contributed by atoms with E-state index in [0.29, 0.717) is 5.02 Å². The van der Waals surface area contributed by atoms with Gasteiger partial charge < -0.3 is 5.32 Å². The molecule has 0 saturated carbocycles. The molecule has 0 aliphatic carbocycles. The maximum absolute atomic E-state index is 5.78. The fraction of sp³-hybridized carbons (Fsp3) is 0.273. The number of rotatable bonds is 4. The lowest BCUT2D eigenvalue weighted by Gasteiger charge is -1.96. The predicted octanol–water partition coefficient (Wildman–Crippen LogP) is 2.97. The number of nitrogens with zero attached hydrogens (tertiary/aromatic N) is 2. The van der Waals surface area contributed by atoms with Crippen molar-refractivity contribution in [3.8, 4) is 10.7 Å². The van der Waals surface area contributed by atoms with Gasteiger partial charge in [-0.25, -0.2) is 4.98 Å². The van der Waals surface area contributed by atoms with E-state index in [1.165, 1.54) is 0 Å². The SMILES string of the molecule is CCNCc1csc(-c2ccc(Cl)cn2)n1. The molecule has 0 fully saturated rings. The molecule has 2 aromatic rings. The zero-order valence-electron chi connectivity index (χ0n) is 8.90. The first-order chi connectivity index (χ1) is 7.79. The van der Waals surface area contributed by atoms with Crippen LogP contribution in [0.5, 0.6) is 0 Å². The van der Waals surface area contributed by atoms with Crippen LogP contribution in [0.3, 0.4) is 0 Å². The van der Waals surface area contributed by atoms with Crippen molar-refractivity contribution in [1.82, 2.24) is 15.3 Å². The van der Waals surface area contributed by atoms with Gasteiger partial charge in [0.05, 0.1) is 16.4 Å². The van der Waals surface area contributed by atoms with Crippen LogP contribution in [0.25, 0.3) is 10.7 Å². The van der Waals surface area contributed by atoms with Gasteiger partial charge in [0.2, 0.25) is 0 Å². The van der Waals surface area contributed by atoms with Crippen LogP contribution < -0.4 is 5.32 Å². The lowest BCUT2D eigenvalue weighted by molar-refractivity contribution is 0.714. The Morgan fingerprint density at radius 1 is 1.44 bits per heavy atom. The van der Waals surface area contributed by atoms with Crippen molar-refractivity contribution < 1.29 is 0 Å². The molecule has 2 heterocycles. The van der Waals surface area contributed by atoms with Crippen molar-refractivity contribution in [2.45, 2.75) is 13.5 Å². The lowest BCUT2D eigenvalue weighted by Crippen LogP contribution is -2.11. The number of hydrogen-bond acceptors (Lipinski definition) is 4. The van der Waals surface area contributed by atoms with Gasteiger partial charge in [-0.1, -0.05) is 18.5 Å². The Balaban J connectivity index is 2.15. The van der Waals surface area contributed by atoms with E-state index in [1.807, 2.05) is 17.5 Å². The van der Waals surface area contributed by atoms with Gasteiger partial charge in [0.1, 0.15) is 5.01 Å². The van der Waals surface area contributed by atoms with Gasteiger partial charge in [0.25, 0.3) is 0 Å². The average Bonchev–Trinajstić information content (AvgIpc) is 2.76. The average molecular weight is 254 g/mol. The number of halogens is 1. The Kier molecular flexibility index (Phi) is 3.88. The third-order valence-corrected chi connectivity index (χ3v) is 3.19. The van der Waals surface area contributed by atoms with Gasteiger partial charge in [-0.3, -0.25) is 4.98 Å². The molecule has 0 bridgehead atoms. The number of aromatic nitrogens is 2. The van der Waals surface area contributed by atoms with E-state index < -0.39 is 0 Å². The molecule has 1 N–H and O–H groups in total. The molecule has 0 atom stereocenters. The summed E-state index contributed by atoms with van der Waals surface area (Å²) in [6.45, 7) is 3.83. The quantitative estimate of drug-likeness (QED) is 0.910. The fourth-order valence-corrected chi connectivity index (χ4v) is 2.17. The second-order valence-corrected chi connectivity index (χ2v) is 4.58. The van der Waals surface area contributed by atoms with Gasteiger partial charge in [0, 0.05) is 18.1 Å². The van der Waals surface area contributed by atoms with Crippen LogP contribution in [0.15, 0.2) is 23.7 Å². The highest BCUT2D eigenvalue weighted by molar-refractivity contribution is 7.13. The maximum Gasteiger partial charge on any atom is 0.142 e. The molecule has 3 nitrogen and oxygen atoms in total. The summed E-state index contributed by atoms with van der Waals surface area (Å²) in [5.74, 6) is 0. The van der Waals surface area contributed by atoms with Gasteiger partial charge in [-0.05, 0) is 18.7 Å². The van der Waals surface area contributed by atoms with Gasteiger partial charge in [0.15, 0.2) is 0 Å². The van der Waals surface area contributed by atoms with Gasteiger partial charge in [-0.15, -0.1) is 11.3 Å². The van der Waals surface area contributed by atoms with Crippen molar-refractivity contribution in [1.29, 1.82) is 0 Å². The number of pyridine rings is 1. The van der Waals surface area contributed by atoms with Crippen LogP contribution in [-0.2, 0) is 6.54 Å². The Morgan fingerprint density at radius 2 is 2.31 bits per heavy atom. The van der Waals surface area contributed by atoms with Crippen molar-refractivity contribution in [3.05, 3.63) is 34.4 Å². The lowest BCUT2D eigenvalue weighted by atomic mass is 10.3. The highest BCUT2D eigenvalue weighted by Gasteiger charge is 2.05. The Labute approximate surface area is 104 Å². The fourth-order valence-electron chi connectivity index (χ4n) is 1.26. The zero-order valence-corrected chi connectivity index (χ0v) is 10.5. The van der Waals surface area contributed by atoms with Crippen LogP contribution in [0, 0.1) is 0 Å². The minimum absolute atomic E-state index is 0.646. The zero-order chi connectivity index (χ0) is 11.4. The van der Waals surface area contributed by atoms with Crippen molar-refractivity contribution in [3.63, 3.8) is 0 Å². The highest BCUT2D eigenvalue weighted by Crippen LogP contribution is 2.22. The minimum atomic E-state index is 0.646. The first kappa shape index (κ1) is 11.5. The van der Waals surface area contributed by atoms with Crippen LogP contribution in [0.2, 0.25) is 5.02 Å². The molecule has 84 valence electrons. The topological polar surface area (TPSA) is 37.8 Å². The molecule has 16 heavy (non-hydrogen) atoms. The molecule has 2 rings (SSSR count). The molecular weight excluding hydrogens is 242 g/mol. The molecule has 0 radical (unpaired) electrons. The van der Waals surface area contributed by atoms with Crippen molar-refractivity contribution in [2.24, 2.45) is 0 Å². The van der Waals surface area contributed by atoms with E-state index >= 15 is 0 Å². The van der Waals surface area contributed by atoms with Crippen LogP contribution in [0.4, 0.5) is 0 Å². The molecule has 2 aromatic heterocycles. The molecular formula is C11H12ClN3S. The molecule has 0 saturated heterocycles. The van der Waals surface area contributed by atoms with Crippen LogP contribution >= 0.6 is 22.9 Å². The monoisotopic (exact) mass is 253 g/mol. The number of hydrogen-bond donors (Lipinski definition) is 1. The highest BCUT2D eigenvalue weighted by atomic mass is 35.5. The minimum Gasteiger partial charge on any atom is -0.311 e. The Hall–Kier alpha value is -0.970. The van der Waals surface area contributed by atoms with E-state index in [2.05, 4.69) is 22.2 Å². The molecule has 0 amide bonds. The second kappa shape index (κ2) is 5.39. The summed E-state index contributed by atoms with van der Waals surface area (Å²) in [5, 5.41) is 6.87. The molecule has 0 spiro atoms. The normalized spacial score (nSPS) is 10.6. The van der Waals surface area contributed by atoms with Crippen LogP contribution in [-0.4, -0.2) is 16.5 Å². The molecule has 0 aromatic carbocycles. The van der Waals surface area contributed by atoms with Crippen molar-refractivity contribution in [2.75, 3.05) is 6.54 Å².